The summed E-state index contributed by atoms with van der Waals surface area (Å²) in [7, 11) is -0.358. The number of rotatable bonds is 5. The molecular formula is C13H18BrNO4S. The highest BCUT2D eigenvalue weighted by Gasteiger charge is 2.39. The third kappa shape index (κ3) is 3.07. The first kappa shape index (κ1) is 15.9. The van der Waals surface area contributed by atoms with Gasteiger partial charge in [0.05, 0.1) is 17.1 Å². The SMILES string of the molecule is COC1CN(S(=O)(=O)c2ccc(CBr)cc2)CC1OC. The molecule has 0 radical (unpaired) electrons. The molecule has 1 saturated heterocycles. The molecule has 1 aromatic carbocycles. The molecule has 112 valence electrons. The van der Waals surface area contributed by atoms with Crippen LogP contribution in [-0.2, 0) is 24.8 Å². The third-order valence-electron chi connectivity index (χ3n) is 3.50. The maximum Gasteiger partial charge on any atom is 0.243 e. The average Bonchev–Trinajstić information content (AvgIpc) is 2.91. The summed E-state index contributed by atoms with van der Waals surface area (Å²) >= 11 is 3.34. The molecule has 0 saturated carbocycles. The van der Waals surface area contributed by atoms with Gasteiger partial charge in [0.15, 0.2) is 0 Å². The van der Waals surface area contributed by atoms with Crippen LogP contribution in [-0.4, -0.2) is 52.2 Å². The number of halogens is 1. The van der Waals surface area contributed by atoms with E-state index in [1.54, 1.807) is 38.5 Å². The summed E-state index contributed by atoms with van der Waals surface area (Å²) in [5.41, 5.74) is 1.04. The molecular weight excluding hydrogens is 346 g/mol. The molecule has 2 rings (SSSR count). The standard InChI is InChI=1S/C13H18BrNO4S/c1-18-12-8-15(9-13(12)19-2)20(16,17)11-5-3-10(7-14)4-6-11/h3-6,12-13H,7-9H2,1-2H3. The first-order valence-electron chi connectivity index (χ1n) is 6.23. The van der Waals surface area contributed by atoms with E-state index in [4.69, 9.17) is 9.47 Å². The van der Waals surface area contributed by atoms with Crippen molar-refractivity contribution in [3.05, 3.63) is 29.8 Å². The van der Waals surface area contributed by atoms with Gasteiger partial charge in [-0.3, -0.25) is 0 Å². The van der Waals surface area contributed by atoms with E-state index in [1.165, 1.54) is 4.31 Å². The molecule has 1 aliphatic rings. The van der Waals surface area contributed by atoms with Gasteiger partial charge in [0, 0.05) is 32.6 Å². The summed E-state index contributed by atoms with van der Waals surface area (Å²) in [5.74, 6) is 0. The normalized spacial score (nSPS) is 24.1. The van der Waals surface area contributed by atoms with Crippen molar-refractivity contribution in [2.75, 3.05) is 27.3 Å². The van der Waals surface area contributed by atoms with Crippen LogP contribution in [0.25, 0.3) is 0 Å². The average molecular weight is 364 g/mol. The topological polar surface area (TPSA) is 55.8 Å². The van der Waals surface area contributed by atoms with Crippen LogP contribution in [0.2, 0.25) is 0 Å². The van der Waals surface area contributed by atoms with Gasteiger partial charge >= 0.3 is 0 Å². The minimum Gasteiger partial charge on any atom is -0.377 e. The van der Waals surface area contributed by atoms with Crippen LogP contribution < -0.4 is 0 Å². The molecule has 7 heteroatoms. The summed E-state index contributed by atoms with van der Waals surface area (Å²) in [5, 5.41) is 0.703. The van der Waals surface area contributed by atoms with Crippen LogP contribution in [0.1, 0.15) is 5.56 Å². The van der Waals surface area contributed by atoms with Gasteiger partial charge in [-0.05, 0) is 17.7 Å². The van der Waals surface area contributed by atoms with E-state index in [0.29, 0.717) is 23.3 Å². The van der Waals surface area contributed by atoms with E-state index >= 15 is 0 Å². The highest BCUT2D eigenvalue weighted by Crippen LogP contribution is 2.24. The van der Waals surface area contributed by atoms with Gasteiger partial charge in [0.2, 0.25) is 10.0 Å². The number of nitrogens with zero attached hydrogens (tertiary/aromatic N) is 1. The second kappa shape index (κ2) is 6.53. The van der Waals surface area contributed by atoms with Crippen molar-refractivity contribution in [1.82, 2.24) is 4.31 Å². The molecule has 0 amide bonds. The van der Waals surface area contributed by atoms with Crippen molar-refractivity contribution in [2.24, 2.45) is 0 Å². The Morgan fingerprint density at radius 1 is 1.15 bits per heavy atom. The van der Waals surface area contributed by atoms with Crippen LogP contribution in [0.5, 0.6) is 0 Å². The van der Waals surface area contributed by atoms with Crippen LogP contribution in [0, 0.1) is 0 Å². The van der Waals surface area contributed by atoms with E-state index in [2.05, 4.69) is 15.9 Å². The molecule has 2 unspecified atom stereocenters. The largest absolute Gasteiger partial charge is 0.377 e. The lowest BCUT2D eigenvalue weighted by Crippen LogP contribution is -2.30. The lowest BCUT2D eigenvalue weighted by atomic mass is 10.2. The molecule has 1 fully saturated rings. The quantitative estimate of drug-likeness (QED) is 0.745. The molecule has 1 heterocycles. The van der Waals surface area contributed by atoms with Crippen molar-refractivity contribution < 1.29 is 17.9 Å². The highest BCUT2D eigenvalue weighted by molar-refractivity contribution is 9.08. The Morgan fingerprint density at radius 2 is 1.65 bits per heavy atom. The monoisotopic (exact) mass is 363 g/mol. The highest BCUT2D eigenvalue weighted by atomic mass is 79.9. The van der Waals surface area contributed by atoms with E-state index in [0.717, 1.165) is 5.56 Å². The van der Waals surface area contributed by atoms with Crippen molar-refractivity contribution >= 4 is 26.0 Å². The molecule has 1 aromatic rings. The summed E-state index contributed by atoms with van der Waals surface area (Å²) in [6.45, 7) is 0.634. The van der Waals surface area contributed by atoms with Gasteiger partial charge in [-0.1, -0.05) is 28.1 Å². The Hall–Kier alpha value is -0.470. The predicted molar refractivity (Wildman–Crippen MR) is 79.4 cm³/mol. The van der Waals surface area contributed by atoms with Crippen LogP contribution >= 0.6 is 15.9 Å². The number of ether oxygens (including phenoxy) is 2. The number of sulfonamides is 1. The molecule has 20 heavy (non-hydrogen) atoms. The first-order chi connectivity index (χ1) is 9.52. The summed E-state index contributed by atoms with van der Waals surface area (Å²) in [4.78, 5) is 0.300. The van der Waals surface area contributed by atoms with Gasteiger partial charge in [-0.2, -0.15) is 4.31 Å². The van der Waals surface area contributed by atoms with Crippen LogP contribution in [0.15, 0.2) is 29.2 Å². The second-order valence-electron chi connectivity index (χ2n) is 4.65. The van der Waals surface area contributed by atoms with Crippen molar-refractivity contribution in [2.45, 2.75) is 22.4 Å². The lowest BCUT2D eigenvalue weighted by molar-refractivity contribution is -0.00461. The van der Waals surface area contributed by atoms with E-state index < -0.39 is 10.0 Å². The van der Waals surface area contributed by atoms with Gasteiger partial charge < -0.3 is 9.47 Å². The maximum atomic E-state index is 12.6. The minimum atomic E-state index is -3.49. The fraction of sp³-hybridized carbons (Fsp3) is 0.538. The smallest absolute Gasteiger partial charge is 0.243 e. The van der Waals surface area contributed by atoms with Gasteiger partial charge in [0.25, 0.3) is 0 Å². The lowest BCUT2D eigenvalue weighted by Gasteiger charge is -2.16. The van der Waals surface area contributed by atoms with Gasteiger partial charge in [-0.15, -0.1) is 0 Å². The third-order valence-corrected chi connectivity index (χ3v) is 6.00. The molecule has 2 atom stereocenters. The fourth-order valence-corrected chi connectivity index (χ4v) is 4.10. The molecule has 0 aliphatic carbocycles. The molecule has 0 spiro atoms. The fourth-order valence-electron chi connectivity index (χ4n) is 2.26. The minimum absolute atomic E-state index is 0.225. The number of benzene rings is 1. The Labute approximate surface area is 128 Å². The van der Waals surface area contributed by atoms with Gasteiger partial charge in [0.1, 0.15) is 0 Å². The van der Waals surface area contributed by atoms with Crippen LogP contribution in [0.3, 0.4) is 0 Å². The molecule has 0 bridgehead atoms. The Kier molecular flexibility index (Phi) is 5.19. The summed E-state index contributed by atoms with van der Waals surface area (Å²) in [6.07, 6.45) is -0.451. The van der Waals surface area contributed by atoms with Gasteiger partial charge in [-0.25, -0.2) is 8.42 Å². The summed E-state index contributed by atoms with van der Waals surface area (Å²) < 4.78 is 37.1. The first-order valence-corrected chi connectivity index (χ1v) is 8.79. The van der Waals surface area contributed by atoms with E-state index in [1.807, 2.05) is 0 Å². The Morgan fingerprint density at radius 3 is 2.05 bits per heavy atom. The zero-order valence-corrected chi connectivity index (χ0v) is 13.9. The van der Waals surface area contributed by atoms with Crippen LogP contribution in [0.4, 0.5) is 0 Å². The molecule has 1 aliphatic heterocycles. The van der Waals surface area contributed by atoms with Crippen molar-refractivity contribution in [1.29, 1.82) is 0 Å². The predicted octanol–water partition coefficient (Wildman–Crippen LogP) is 1.62. The number of alkyl halides is 1. The zero-order valence-electron chi connectivity index (χ0n) is 11.5. The molecule has 0 N–H and O–H groups in total. The van der Waals surface area contributed by atoms with E-state index in [9.17, 15) is 8.42 Å². The van der Waals surface area contributed by atoms with Crippen molar-refractivity contribution in [3.8, 4) is 0 Å². The molecule has 5 nitrogen and oxygen atoms in total. The number of hydrogen-bond acceptors (Lipinski definition) is 4. The van der Waals surface area contributed by atoms with Crippen molar-refractivity contribution in [3.63, 3.8) is 0 Å². The number of hydrogen-bond donors (Lipinski definition) is 0. The Balaban J connectivity index is 2.22. The molecule has 0 aromatic heterocycles. The summed E-state index contributed by atoms with van der Waals surface area (Å²) in [6, 6.07) is 6.88. The maximum absolute atomic E-state index is 12.6. The second-order valence-corrected chi connectivity index (χ2v) is 7.15. The van der Waals surface area contributed by atoms with E-state index in [-0.39, 0.29) is 12.2 Å². The zero-order chi connectivity index (χ0) is 14.8. The Bertz CT molecular complexity index is 534. The number of methoxy groups -OCH3 is 2.